The van der Waals surface area contributed by atoms with Gasteiger partial charge in [0, 0.05) is 18.2 Å². The average molecular weight is 304 g/mol. The van der Waals surface area contributed by atoms with Crippen LogP contribution in [-0.4, -0.2) is 24.4 Å². The zero-order valence-electron chi connectivity index (χ0n) is 12.5. The first kappa shape index (κ1) is 17.1. The maximum Gasteiger partial charge on any atom is 0.414 e. The minimum atomic E-state index is -1.07. The monoisotopic (exact) mass is 304 g/mol. The number of nitrogens with one attached hydrogen (secondary N) is 1. The molecule has 7 heteroatoms. The summed E-state index contributed by atoms with van der Waals surface area (Å²) in [5.41, 5.74) is 1.72. The van der Waals surface area contributed by atoms with Crippen molar-refractivity contribution in [3.63, 3.8) is 0 Å². The summed E-state index contributed by atoms with van der Waals surface area (Å²) < 4.78 is 9.67. The molecule has 116 valence electrons. The number of nitrogens with zero attached hydrogens (tertiary/aromatic N) is 1. The Bertz CT molecular complexity index is 647. The Labute approximate surface area is 127 Å². The van der Waals surface area contributed by atoms with E-state index < -0.39 is 18.4 Å². The Morgan fingerprint density at radius 2 is 2.05 bits per heavy atom. The predicted molar refractivity (Wildman–Crippen MR) is 79.4 cm³/mol. The zero-order valence-corrected chi connectivity index (χ0v) is 12.5. The van der Waals surface area contributed by atoms with E-state index in [2.05, 4.69) is 16.9 Å². The molecule has 7 nitrogen and oxygen atoms in total. The number of carbonyl (C=O) groups is 2. The molecule has 0 aliphatic rings. The molecule has 0 heterocycles. The van der Waals surface area contributed by atoms with Crippen molar-refractivity contribution < 1.29 is 23.9 Å². The van der Waals surface area contributed by atoms with Crippen LogP contribution in [0.3, 0.4) is 0 Å². The first-order valence-electron chi connectivity index (χ1n) is 6.36. The van der Waals surface area contributed by atoms with Crippen LogP contribution in [0.15, 0.2) is 35.3 Å². The number of carbonyl (C=O) groups excluding carboxylic acids is 3. The fourth-order valence-electron chi connectivity index (χ4n) is 1.43. The van der Waals surface area contributed by atoms with E-state index in [1.165, 1.54) is 26.0 Å². The third-order valence-electron chi connectivity index (χ3n) is 2.52. The summed E-state index contributed by atoms with van der Waals surface area (Å²) in [5.74, 6) is -0.654. The van der Waals surface area contributed by atoms with E-state index in [9.17, 15) is 14.4 Å². The highest BCUT2D eigenvalue weighted by molar-refractivity contribution is 5.88. The van der Waals surface area contributed by atoms with Gasteiger partial charge in [-0.3, -0.25) is 5.32 Å². The van der Waals surface area contributed by atoms with E-state index in [-0.39, 0.29) is 5.57 Å². The number of hydrogen-bond donors (Lipinski definition) is 1. The SMILES string of the molecule is C=C(C)C(=O)OC(C)OC(=O)Nc1ccc(C)c(N=C=O)c1. The summed E-state index contributed by atoms with van der Waals surface area (Å²) in [5, 5.41) is 2.44. The maximum absolute atomic E-state index is 11.7. The van der Waals surface area contributed by atoms with Crippen molar-refractivity contribution in [3.8, 4) is 0 Å². The normalized spacial score (nSPS) is 10.9. The zero-order chi connectivity index (χ0) is 16.7. The highest BCUT2D eigenvalue weighted by Gasteiger charge is 2.14. The molecule has 0 aliphatic carbocycles. The number of esters is 1. The first-order chi connectivity index (χ1) is 10.3. The van der Waals surface area contributed by atoms with Crippen molar-refractivity contribution in [1.29, 1.82) is 0 Å². The third kappa shape index (κ3) is 5.22. The Kier molecular flexibility index (Phi) is 6.04. The minimum absolute atomic E-state index is 0.200. The molecule has 0 aliphatic heterocycles. The molecule has 0 radical (unpaired) electrons. The van der Waals surface area contributed by atoms with Crippen LogP contribution < -0.4 is 5.32 Å². The lowest BCUT2D eigenvalue weighted by Gasteiger charge is -2.14. The van der Waals surface area contributed by atoms with Gasteiger partial charge in [-0.15, -0.1) is 0 Å². The van der Waals surface area contributed by atoms with Gasteiger partial charge in [0.25, 0.3) is 0 Å². The Morgan fingerprint density at radius 3 is 2.64 bits per heavy atom. The summed E-state index contributed by atoms with van der Waals surface area (Å²) in [6, 6.07) is 4.79. The van der Waals surface area contributed by atoms with Crippen LogP contribution in [0, 0.1) is 6.92 Å². The largest absolute Gasteiger partial charge is 0.422 e. The number of amides is 1. The van der Waals surface area contributed by atoms with E-state index in [1.807, 2.05) is 0 Å². The standard InChI is InChI=1S/C15H16N2O5/c1-9(2)14(19)21-11(4)22-15(20)17-12-6-5-10(3)13(7-12)16-8-18/h5-7,11H,1H2,2-4H3,(H,17,20). The second kappa shape index (κ2) is 7.75. The number of rotatable bonds is 5. The number of aryl methyl sites for hydroxylation is 1. The van der Waals surface area contributed by atoms with E-state index >= 15 is 0 Å². The van der Waals surface area contributed by atoms with Gasteiger partial charge in [0.05, 0.1) is 5.69 Å². The number of anilines is 1. The fraction of sp³-hybridized carbons (Fsp3) is 0.267. The molecule has 22 heavy (non-hydrogen) atoms. The molecular formula is C15H16N2O5. The molecule has 1 atom stereocenters. The van der Waals surface area contributed by atoms with Gasteiger partial charge in [0.15, 0.2) is 0 Å². The number of aliphatic imine (C=N–C) groups is 1. The molecule has 0 spiro atoms. The van der Waals surface area contributed by atoms with Crippen LogP contribution in [0.25, 0.3) is 0 Å². The third-order valence-corrected chi connectivity index (χ3v) is 2.52. The van der Waals surface area contributed by atoms with Crippen molar-refractivity contribution in [2.75, 3.05) is 5.32 Å². The van der Waals surface area contributed by atoms with Gasteiger partial charge in [-0.1, -0.05) is 12.6 Å². The molecule has 1 N–H and O–H groups in total. The summed E-state index contributed by atoms with van der Waals surface area (Å²) in [7, 11) is 0. The lowest BCUT2D eigenvalue weighted by Crippen LogP contribution is -2.25. The van der Waals surface area contributed by atoms with Gasteiger partial charge in [-0.25, -0.2) is 14.4 Å². The quantitative estimate of drug-likeness (QED) is 0.297. The molecule has 0 bridgehead atoms. The molecule has 1 amide bonds. The second-order valence-corrected chi connectivity index (χ2v) is 4.49. The van der Waals surface area contributed by atoms with Gasteiger partial charge in [-0.2, -0.15) is 4.99 Å². The summed E-state index contributed by atoms with van der Waals surface area (Å²) in [6.45, 7) is 8.06. The van der Waals surface area contributed by atoms with Gasteiger partial charge >= 0.3 is 12.1 Å². The highest BCUT2D eigenvalue weighted by atomic mass is 16.7. The molecule has 0 fully saturated rings. The van der Waals surface area contributed by atoms with E-state index in [0.717, 1.165) is 5.56 Å². The Balaban J connectivity index is 2.65. The van der Waals surface area contributed by atoms with Gasteiger partial charge in [0.2, 0.25) is 12.4 Å². The molecular weight excluding hydrogens is 288 g/mol. The van der Waals surface area contributed by atoms with Crippen molar-refractivity contribution in [2.24, 2.45) is 4.99 Å². The van der Waals surface area contributed by atoms with Crippen LogP contribution >= 0.6 is 0 Å². The average Bonchev–Trinajstić information content (AvgIpc) is 2.42. The topological polar surface area (TPSA) is 94.1 Å². The highest BCUT2D eigenvalue weighted by Crippen LogP contribution is 2.22. The van der Waals surface area contributed by atoms with Crippen LogP contribution in [0.5, 0.6) is 0 Å². The Hall–Kier alpha value is -2.92. The lowest BCUT2D eigenvalue weighted by atomic mass is 10.2. The van der Waals surface area contributed by atoms with Gasteiger partial charge in [0.1, 0.15) is 0 Å². The summed E-state index contributed by atoms with van der Waals surface area (Å²) in [6.07, 6.45) is -0.445. The Morgan fingerprint density at radius 1 is 1.36 bits per heavy atom. The van der Waals surface area contributed by atoms with Crippen LogP contribution in [0.1, 0.15) is 19.4 Å². The van der Waals surface area contributed by atoms with E-state index in [4.69, 9.17) is 9.47 Å². The van der Waals surface area contributed by atoms with Crippen LogP contribution in [0.4, 0.5) is 16.2 Å². The number of ether oxygens (including phenoxy) is 2. The van der Waals surface area contributed by atoms with Crippen molar-refractivity contribution >= 4 is 29.5 Å². The number of hydrogen-bond acceptors (Lipinski definition) is 6. The molecule has 1 unspecified atom stereocenters. The smallest absolute Gasteiger partial charge is 0.414 e. The van der Waals surface area contributed by atoms with Gasteiger partial charge in [-0.05, 0) is 31.5 Å². The van der Waals surface area contributed by atoms with Crippen molar-refractivity contribution in [2.45, 2.75) is 27.1 Å². The van der Waals surface area contributed by atoms with Crippen LogP contribution in [0.2, 0.25) is 0 Å². The van der Waals surface area contributed by atoms with E-state index in [1.54, 1.807) is 19.1 Å². The van der Waals surface area contributed by atoms with Crippen molar-refractivity contribution in [3.05, 3.63) is 35.9 Å². The lowest BCUT2D eigenvalue weighted by molar-refractivity contribution is -0.159. The number of isocyanates is 1. The number of benzene rings is 1. The predicted octanol–water partition coefficient (Wildman–Crippen LogP) is 2.98. The summed E-state index contributed by atoms with van der Waals surface area (Å²) >= 11 is 0. The van der Waals surface area contributed by atoms with Crippen LogP contribution in [-0.2, 0) is 19.1 Å². The maximum atomic E-state index is 11.7. The molecule has 1 aromatic rings. The molecule has 0 saturated heterocycles. The fourth-order valence-corrected chi connectivity index (χ4v) is 1.43. The molecule has 0 aromatic heterocycles. The van der Waals surface area contributed by atoms with Crippen molar-refractivity contribution in [1.82, 2.24) is 0 Å². The first-order valence-corrected chi connectivity index (χ1v) is 6.36. The molecule has 1 rings (SSSR count). The second-order valence-electron chi connectivity index (χ2n) is 4.49. The minimum Gasteiger partial charge on any atom is -0.422 e. The summed E-state index contributed by atoms with van der Waals surface area (Å²) in [4.78, 5) is 36.8. The molecule has 1 aromatic carbocycles. The van der Waals surface area contributed by atoms with E-state index in [0.29, 0.717) is 11.4 Å². The molecule has 0 saturated carbocycles. The van der Waals surface area contributed by atoms with Gasteiger partial charge < -0.3 is 9.47 Å².